The first-order chi connectivity index (χ1) is 8.74. The van der Waals surface area contributed by atoms with Crippen LogP contribution in [-0.4, -0.2) is 10.9 Å². The lowest BCUT2D eigenvalue weighted by Gasteiger charge is -2.05. The molecule has 4 nitrogen and oxygen atoms in total. The van der Waals surface area contributed by atoms with Gasteiger partial charge in [0, 0.05) is 18.1 Å². The molecule has 4 heteroatoms. The molecule has 0 saturated carbocycles. The van der Waals surface area contributed by atoms with Crippen LogP contribution in [0.4, 0.5) is 5.69 Å². The van der Waals surface area contributed by atoms with Gasteiger partial charge >= 0.3 is 0 Å². The lowest BCUT2D eigenvalue weighted by Crippen LogP contribution is -2.22. The van der Waals surface area contributed by atoms with Crippen LogP contribution in [0.2, 0.25) is 0 Å². The highest BCUT2D eigenvalue weighted by Gasteiger charge is 1.95. The van der Waals surface area contributed by atoms with E-state index in [1.807, 2.05) is 43.3 Å². The summed E-state index contributed by atoms with van der Waals surface area (Å²) in [5.74, 6) is 0.405. The second-order valence-corrected chi connectivity index (χ2v) is 4.05. The molecule has 0 atom stereocenters. The van der Waals surface area contributed by atoms with Crippen molar-refractivity contribution in [1.29, 1.82) is 0 Å². The Balaban J connectivity index is 1.95. The number of rotatable bonds is 3. The first-order valence-corrected chi connectivity index (χ1v) is 5.76. The maximum Gasteiger partial charge on any atom is 0.193 e. The van der Waals surface area contributed by atoms with Crippen LogP contribution in [-0.2, 0) is 6.54 Å². The molecule has 1 heterocycles. The first-order valence-electron chi connectivity index (χ1n) is 5.76. The van der Waals surface area contributed by atoms with Crippen LogP contribution in [0.3, 0.4) is 0 Å². The van der Waals surface area contributed by atoms with Crippen LogP contribution >= 0.6 is 0 Å². The van der Waals surface area contributed by atoms with Gasteiger partial charge in [-0.15, -0.1) is 0 Å². The number of nitrogens with zero attached hydrogens (tertiary/aromatic N) is 2. The average Bonchev–Trinajstić information content (AvgIpc) is 2.40. The Kier molecular flexibility index (Phi) is 3.91. The number of pyridine rings is 1. The summed E-state index contributed by atoms with van der Waals surface area (Å²) in [6.45, 7) is 2.57. The fraction of sp³-hybridized carbons (Fsp3) is 0.143. The number of benzene rings is 1. The zero-order chi connectivity index (χ0) is 12.8. The number of aryl methyl sites for hydroxylation is 1. The molecule has 3 N–H and O–H groups in total. The van der Waals surface area contributed by atoms with Gasteiger partial charge in [0.2, 0.25) is 0 Å². The van der Waals surface area contributed by atoms with Crippen molar-refractivity contribution in [2.24, 2.45) is 10.7 Å². The van der Waals surface area contributed by atoms with E-state index in [1.54, 1.807) is 12.4 Å². The second kappa shape index (κ2) is 5.82. The highest BCUT2D eigenvalue weighted by atomic mass is 15.1. The topological polar surface area (TPSA) is 63.3 Å². The standard InChI is InChI=1S/C14H16N4/c1-11-4-6-13(7-5-11)18-14(15)17-10-12-3-2-8-16-9-12/h2-9H,10H2,1H3,(H3,15,17,18). The molecule has 0 aliphatic carbocycles. The number of aromatic nitrogens is 1. The average molecular weight is 240 g/mol. The molecule has 1 aromatic carbocycles. The van der Waals surface area contributed by atoms with Crippen molar-refractivity contribution < 1.29 is 0 Å². The lowest BCUT2D eigenvalue weighted by atomic mass is 10.2. The molecular formula is C14H16N4. The fourth-order valence-corrected chi connectivity index (χ4v) is 1.49. The minimum atomic E-state index is 0.405. The molecule has 0 fully saturated rings. The van der Waals surface area contributed by atoms with Gasteiger partial charge in [0.1, 0.15) is 0 Å². The Morgan fingerprint density at radius 3 is 2.72 bits per heavy atom. The summed E-state index contributed by atoms with van der Waals surface area (Å²) in [5.41, 5.74) is 9.00. The van der Waals surface area contributed by atoms with E-state index >= 15 is 0 Å². The predicted octanol–water partition coefficient (Wildman–Crippen LogP) is 2.32. The van der Waals surface area contributed by atoms with Crippen LogP contribution in [0.15, 0.2) is 53.8 Å². The summed E-state index contributed by atoms with van der Waals surface area (Å²) in [7, 11) is 0. The first kappa shape index (κ1) is 12.1. The van der Waals surface area contributed by atoms with Gasteiger partial charge in [-0.05, 0) is 30.7 Å². The van der Waals surface area contributed by atoms with Gasteiger partial charge in [-0.1, -0.05) is 23.8 Å². The third kappa shape index (κ3) is 3.59. The molecule has 0 aliphatic rings. The van der Waals surface area contributed by atoms with E-state index in [0.717, 1.165) is 11.3 Å². The summed E-state index contributed by atoms with van der Waals surface area (Å²) >= 11 is 0. The molecule has 92 valence electrons. The molecule has 0 aliphatic heterocycles. The quantitative estimate of drug-likeness (QED) is 0.639. The van der Waals surface area contributed by atoms with Crippen LogP contribution in [0.5, 0.6) is 0 Å². The molecule has 0 amide bonds. The fourth-order valence-electron chi connectivity index (χ4n) is 1.49. The van der Waals surface area contributed by atoms with Gasteiger partial charge in [0.15, 0.2) is 5.96 Å². The van der Waals surface area contributed by atoms with Gasteiger partial charge < -0.3 is 11.1 Å². The van der Waals surface area contributed by atoms with Crippen molar-refractivity contribution in [3.8, 4) is 0 Å². The molecule has 2 rings (SSSR count). The van der Waals surface area contributed by atoms with Crippen molar-refractivity contribution in [3.05, 3.63) is 59.9 Å². The Morgan fingerprint density at radius 1 is 1.28 bits per heavy atom. The number of nitrogens with two attached hydrogens (primary N) is 1. The normalized spacial score (nSPS) is 11.3. The second-order valence-electron chi connectivity index (χ2n) is 4.05. The number of hydrogen-bond acceptors (Lipinski definition) is 2. The Labute approximate surface area is 107 Å². The van der Waals surface area contributed by atoms with E-state index < -0.39 is 0 Å². The van der Waals surface area contributed by atoms with Crippen molar-refractivity contribution in [3.63, 3.8) is 0 Å². The molecule has 0 saturated heterocycles. The highest BCUT2D eigenvalue weighted by molar-refractivity contribution is 5.92. The van der Waals surface area contributed by atoms with E-state index in [-0.39, 0.29) is 0 Å². The Bertz CT molecular complexity index is 517. The van der Waals surface area contributed by atoms with Crippen LogP contribution < -0.4 is 11.1 Å². The van der Waals surface area contributed by atoms with Crippen LogP contribution in [0.25, 0.3) is 0 Å². The molecule has 0 unspecified atom stereocenters. The van der Waals surface area contributed by atoms with Gasteiger partial charge in [0.05, 0.1) is 6.54 Å². The van der Waals surface area contributed by atoms with E-state index in [0.29, 0.717) is 12.5 Å². The van der Waals surface area contributed by atoms with Gasteiger partial charge in [-0.3, -0.25) is 4.98 Å². The summed E-state index contributed by atoms with van der Waals surface area (Å²) in [4.78, 5) is 8.28. The van der Waals surface area contributed by atoms with E-state index in [1.165, 1.54) is 5.56 Å². The molecule has 0 radical (unpaired) electrons. The van der Waals surface area contributed by atoms with Crippen molar-refractivity contribution in [2.75, 3.05) is 5.32 Å². The molecule has 1 aromatic heterocycles. The molecule has 18 heavy (non-hydrogen) atoms. The van der Waals surface area contributed by atoms with Crippen LogP contribution in [0, 0.1) is 6.92 Å². The molecule has 0 bridgehead atoms. The zero-order valence-corrected chi connectivity index (χ0v) is 10.3. The largest absolute Gasteiger partial charge is 0.370 e. The van der Waals surface area contributed by atoms with Gasteiger partial charge in [0.25, 0.3) is 0 Å². The van der Waals surface area contributed by atoms with Crippen molar-refractivity contribution in [1.82, 2.24) is 4.98 Å². The predicted molar refractivity (Wildman–Crippen MR) is 74.4 cm³/mol. The van der Waals surface area contributed by atoms with E-state index in [4.69, 9.17) is 5.73 Å². The maximum absolute atomic E-state index is 5.81. The zero-order valence-electron chi connectivity index (χ0n) is 10.3. The number of aliphatic imine (C=N–C) groups is 1. The van der Waals surface area contributed by atoms with Gasteiger partial charge in [-0.25, -0.2) is 4.99 Å². The third-order valence-corrected chi connectivity index (χ3v) is 2.48. The Hall–Kier alpha value is -2.36. The minimum Gasteiger partial charge on any atom is -0.370 e. The third-order valence-electron chi connectivity index (χ3n) is 2.48. The summed E-state index contributed by atoms with van der Waals surface area (Å²) < 4.78 is 0. The SMILES string of the molecule is Cc1ccc(NC(N)=NCc2cccnc2)cc1. The maximum atomic E-state index is 5.81. The Morgan fingerprint density at radius 2 is 2.06 bits per heavy atom. The number of guanidine groups is 1. The lowest BCUT2D eigenvalue weighted by molar-refractivity contribution is 1.04. The number of anilines is 1. The summed E-state index contributed by atoms with van der Waals surface area (Å²) in [5, 5.41) is 3.05. The van der Waals surface area contributed by atoms with Crippen LogP contribution in [0.1, 0.15) is 11.1 Å². The number of nitrogens with one attached hydrogen (secondary N) is 1. The number of hydrogen-bond donors (Lipinski definition) is 2. The van der Waals surface area contributed by atoms with Crippen molar-refractivity contribution >= 4 is 11.6 Å². The van der Waals surface area contributed by atoms with E-state index in [9.17, 15) is 0 Å². The summed E-state index contributed by atoms with van der Waals surface area (Å²) in [6, 6.07) is 11.8. The molecule has 0 spiro atoms. The molecule has 2 aromatic rings. The van der Waals surface area contributed by atoms with Crippen molar-refractivity contribution in [2.45, 2.75) is 13.5 Å². The van der Waals surface area contributed by atoms with E-state index in [2.05, 4.69) is 15.3 Å². The molecular weight excluding hydrogens is 224 g/mol. The minimum absolute atomic E-state index is 0.405. The van der Waals surface area contributed by atoms with Gasteiger partial charge in [-0.2, -0.15) is 0 Å². The summed E-state index contributed by atoms with van der Waals surface area (Å²) in [6.07, 6.45) is 3.52. The smallest absolute Gasteiger partial charge is 0.193 e. The highest BCUT2D eigenvalue weighted by Crippen LogP contribution is 2.08. The monoisotopic (exact) mass is 240 g/mol.